The Bertz CT molecular complexity index is 793. The van der Waals surface area contributed by atoms with Crippen LogP contribution >= 0.6 is 0 Å². The average Bonchev–Trinajstić information content (AvgIpc) is 2.98. The Balaban J connectivity index is 1.69. The molecule has 0 bridgehead atoms. The summed E-state index contributed by atoms with van der Waals surface area (Å²) in [5.41, 5.74) is 2.30. The highest BCUT2D eigenvalue weighted by Gasteiger charge is 2.14. The van der Waals surface area contributed by atoms with Gasteiger partial charge < -0.3 is 20.2 Å². The summed E-state index contributed by atoms with van der Waals surface area (Å²) in [6.45, 7) is 3.47. The highest BCUT2D eigenvalue weighted by atomic mass is 16.4. The van der Waals surface area contributed by atoms with Crippen LogP contribution in [-0.2, 0) is 22.6 Å². The fraction of sp³-hybridized carbons (Fsp3) is 0.316. The summed E-state index contributed by atoms with van der Waals surface area (Å²) in [5.74, 6) is -1.03. The number of aromatic carboxylic acids is 1. The molecular weight excluding hydrogens is 336 g/mol. The van der Waals surface area contributed by atoms with Crippen LogP contribution in [0.1, 0.15) is 39.4 Å². The van der Waals surface area contributed by atoms with E-state index in [2.05, 4.69) is 10.6 Å². The molecule has 138 valence electrons. The van der Waals surface area contributed by atoms with Crippen molar-refractivity contribution >= 4 is 17.8 Å². The van der Waals surface area contributed by atoms with Crippen molar-refractivity contribution in [2.24, 2.45) is 0 Å². The van der Waals surface area contributed by atoms with Crippen LogP contribution in [0.25, 0.3) is 0 Å². The van der Waals surface area contributed by atoms with Crippen molar-refractivity contribution in [2.75, 3.05) is 6.54 Å². The Labute approximate surface area is 151 Å². The number of rotatable bonds is 8. The molecule has 1 heterocycles. The molecule has 0 radical (unpaired) electrons. The van der Waals surface area contributed by atoms with E-state index < -0.39 is 5.97 Å². The van der Waals surface area contributed by atoms with Crippen LogP contribution < -0.4 is 10.6 Å². The van der Waals surface area contributed by atoms with Crippen LogP contribution in [0.2, 0.25) is 0 Å². The average molecular weight is 358 g/mol. The minimum atomic E-state index is -1.08. The van der Waals surface area contributed by atoms with Gasteiger partial charge in [-0.15, -0.1) is 0 Å². The maximum absolute atomic E-state index is 11.8. The molecule has 0 aliphatic rings. The smallest absolute Gasteiger partial charge is 0.339 e. The van der Waals surface area contributed by atoms with E-state index >= 15 is 0 Å². The van der Waals surface area contributed by atoms with Crippen molar-refractivity contribution in [1.29, 1.82) is 0 Å². The number of furan rings is 1. The normalized spacial score (nSPS) is 10.4. The molecule has 0 atom stereocenters. The summed E-state index contributed by atoms with van der Waals surface area (Å²) in [7, 11) is 0. The van der Waals surface area contributed by atoms with Gasteiger partial charge in [0, 0.05) is 6.42 Å². The summed E-state index contributed by atoms with van der Waals surface area (Å²) in [6.07, 6.45) is 0.910. The molecule has 1 aromatic carbocycles. The van der Waals surface area contributed by atoms with Gasteiger partial charge in [0.2, 0.25) is 11.8 Å². The molecule has 2 rings (SSSR count). The Morgan fingerprint density at radius 1 is 1.04 bits per heavy atom. The molecule has 0 fully saturated rings. The standard InChI is InChI=1S/C19H22N2O5/c1-12-3-5-14(6-4-12)7-8-17(22)21-11-18(23)20-10-15-9-16(19(24)25)13(2)26-15/h3-6,9H,7-8,10-11H2,1-2H3,(H,20,23)(H,21,22)(H,24,25). The van der Waals surface area contributed by atoms with Crippen molar-refractivity contribution in [1.82, 2.24) is 10.6 Å². The molecule has 3 N–H and O–H groups in total. The minimum absolute atomic E-state index is 0.0617. The van der Waals surface area contributed by atoms with Crippen LogP contribution in [0, 0.1) is 13.8 Å². The summed E-state index contributed by atoms with van der Waals surface area (Å²) in [6, 6.07) is 9.32. The first-order valence-corrected chi connectivity index (χ1v) is 8.26. The van der Waals surface area contributed by atoms with E-state index in [1.165, 1.54) is 6.07 Å². The number of carboxylic acid groups (broad SMARTS) is 1. The minimum Gasteiger partial charge on any atom is -0.478 e. The van der Waals surface area contributed by atoms with E-state index in [4.69, 9.17) is 9.52 Å². The number of carboxylic acids is 1. The largest absolute Gasteiger partial charge is 0.478 e. The maximum Gasteiger partial charge on any atom is 0.339 e. The number of aryl methyl sites for hydroxylation is 3. The van der Waals surface area contributed by atoms with Gasteiger partial charge in [0.15, 0.2) is 0 Å². The van der Waals surface area contributed by atoms with Gasteiger partial charge in [-0.3, -0.25) is 9.59 Å². The Morgan fingerprint density at radius 3 is 2.35 bits per heavy atom. The zero-order chi connectivity index (χ0) is 19.1. The zero-order valence-electron chi connectivity index (χ0n) is 14.8. The summed E-state index contributed by atoms with van der Waals surface area (Å²) in [5, 5.41) is 14.1. The van der Waals surface area contributed by atoms with Crippen molar-refractivity contribution in [3.8, 4) is 0 Å². The molecule has 1 aromatic heterocycles. The first kappa shape index (κ1) is 19.2. The Kier molecular flexibility index (Phi) is 6.54. The number of hydrogen-bond acceptors (Lipinski definition) is 4. The lowest BCUT2D eigenvalue weighted by Crippen LogP contribution is -2.36. The monoisotopic (exact) mass is 358 g/mol. The first-order valence-electron chi connectivity index (χ1n) is 8.26. The van der Waals surface area contributed by atoms with Gasteiger partial charge in [0.25, 0.3) is 0 Å². The first-order chi connectivity index (χ1) is 12.3. The lowest BCUT2D eigenvalue weighted by atomic mass is 10.1. The third-order valence-corrected chi connectivity index (χ3v) is 3.87. The SMILES string of the molecule is Cc1ccc(CCC(=O)NCC(=O)NCc2cc(C(=O)O)c(C)o2)cc1. The van der Waals surface area contributed by atoms with Gasteiger partial charge in [0.05, 0.1) is 13.1 Å². The van der Waals surface area contributed by atoms with Crippen LogP contribution in [-0.4, -0.2) is 29.4 Å². The van der Waals surface area contributed by atoms with Gasteiger partial charge in [0.1, 0.15) is 17.1 Å². The van der Waals surface area contributed by atoms with E-state index in [0.29, 0.717) is 18.6 Å². The van der Waals surface area contributed by atoms with Crippen molar-refractivity contribution in [3.63, 3.8) is 0 Å². The molecule has 0 aliphatic heterocycles. The van der Waals surface area contributed by atoms with E-state index in [1.807, 2.05) is 31.2 Å². The van der Waals surface area contributed by atoms with Crippen LogP contribution in [0.15, 0.2) is 34.7 Å². The zero-order valence-corrected chi connectivity index (χ0v) is 14.8. The summed E-state index contributed by atoms with van der Waals surface area (Å²) in [4.78, 5) is 34.5. The summed E-state index contributed by atoms with van der Waals surface area (Å²) < 4.78 is 5.26. The summed E-state index contributed by atoms with van der Waals surface area (Å²) >= 11 is 0. The number of benzene rings is 1. The van der Waals surface area contributed by atoms with Crippen molar-refractivity contribution in [2.45, 2.75) is 33.2 Å². The third-order valence-electron chi connectivity index (χ3n) is 3.87. The van der Waals surface area contributed by atoms with Gasteiger partial charge >= 0.3 is 5.97 Å². The number of carbonyl (C=O) groups excluding carboxylic acids is 2. The van der Waals surface area contributed by atoms with Crippen LogP contribution in [0.5, 0.6) is 0 Å². The molecule has 7 heteroatoms. The third kappa shape index (κ3) is 5.77. The second kappa shape index (κ2) is 8.84. The predicted molar refractivity (Wildman–Crippen MR) is 94.8 cm³/mol. The molecular formula is C19H22N2O5. The van der Waals surface area contributed by atoms with E-state index in [-0.39, 0.29) is 36.2 Å². The Morgan fingerprint density at radius 2 is 1.73 bits per heavy atom. The number of nitrogens with one attached hydrogen (secondary N) is 2. The topological polar surface area (TPSA) is 109 Å². The molecule has 0 unspecified atom stereocenters. The second-order valence-corrected chi connectivity index (χ2v) is 6.03. The molecule has 0 aliphatic carbocycles. The predicted octanol–water partition coefficient (Wildman–Crippen LogP) is 1.96. The van der Waals surface area contributed by atoms with Gasteiger partial charge in [-0.2, -0.15) is 0 Å². The quantitative estimate of drug-likeness (QED) is 0.668. The lowest BCUT2D eigenvalue weighted by Gasteiger charge is -2.06. The highest BCUT2D eigenvalue weighted by molar-refractivity contribution is 5.89. The molecule has 2 amide bonds. The highest BCUT2D eigenvalue weighted by Crippen LogP contribution is 2.14. The lowest BCUT2D eigenvalue weighted by molar-refractivity contribution is -0.126. The number of hydrogen-bond donors (Lipinski definition) is 3. The number of carbonyl (C=O) groups is 3. The van der Waals surface area contributed by atoms with E-state index in [9.17, 15) is 14.4 Å². The van der Waals surface area contributed by atoms with Crippen molar-refractivity contribution < 1.29 is 23.9 Å². The molecule has 2 aromatic rings. The van der Waals surface area contributed by atoms with Crippen LogP contribution in [0.3, 0.4) is 0 Å². The molecule has 0 saturated heterocycles. The number of amides is 2. The molecule has 7 nitrogen and oxygen atoms in total. The fourth-order valence-electron chi connectivity index (χ4n) is 2.37. The van der Waals surface area contributed by atoms with Crippen molar-refractivity contribution in [3.05, 3.63) is 58.5 Å². The second-order valence-electron chi connectivity index (χ2n) is 6.03. The van der Waals surface area contributed by atoms with Gasteiger partial charge in [-0.1, -0.05) is 29.8 Å². The Hall–Kier alpha value is -3.09. The molecule has 0 saturated carbocycles. The van der Waals surface area contributed by atoms with Gasteiger partial charge in [-0.25, -0.2) is 4.79 Å². The van der Waals surface area contributed by atoms with Gasteiger partial charge in [-0.05, 0) is 31.9 Å². The van der Waals surface area contributed by atoms with Crippen LogP contribution in [0.4, 0.5) is 0 Å². The molecule has 26 heavy (non-hydrogen) atoms. The fourth-order valence-corrected chi connectivity index (χ4v) is 2.37. The maximum atomic E-state index is 11.8. The van der Waals surface area contributed by atoms with E-state index in [1.54, 1.807) is 6.92 Å². The molecule has 0 spiro atoms. The van der Waals surface area contributed by atoms with E-state index in [0.717, 1.165) is 11.1 Å².